The molecule has 0 aliphatic carbocycles. The van der Waals surface area contributed by atoms with E-state index in [9.17, 15) is 14.7 Å². The second-order valence-corrected chi connectivity index (χ2v) is 7.59. The van der Waals surface area contributed by atoms with Gasteiger partial charge in [0.1, 0.15) is 11.5 Å². The molecule has 0 aromatic heterocycles. The summed E-state index contributed by atoms with van der Waals surface area (Å²) in [6.07, 6.45) is 0.0125. The van der Waals surface area contributed by atoms with E-state index in [4.69, 9.17) is 9.47 Å². The van der Waals surface area contributed by atoms with Crippen molar-refractivity contribution in [2.24, 2.45) is 0 Å². The molecule has 2 rings (SSSR count). The Bertz CT molecular complexity index is 911. The SMILES string of the molecule is CCC(O)c1ccc(NC(=O)CCC(=O)Nc2ccc(C(C)C)c(OC)c2)cc1OC. The first-order valence-electron chi connectivity index (χ1n) is 10.4. The van der Waals surface area contributed by atoms with E-state index >= 15 is 0 Å². The van der Waals surface area contributed by atoms with Crippen molar-refractivity contribution in [1.29, 1.82) is 0 Å². The Morgan fingerprint density at radius 1 is 0.871 bits per heavy atom. The molecule has 0 saturated heterocycles. The summed E-state index contributed by atoms with van der Waals surface area (Å²) >= 11 is 0. The van der Waals surface area contributed by atoms with E-state index in [0.717, 1.165) is 11.3 Å². The molecule has 168 valence electrons. The van der Waals surface area contributed by atoms with Crippen LogP contribution in [-0.2, 0) is 9.59 Å². The number of carbonyl (C=O) groups excluding carboxylic acids is 2. The molecule has 7 heteroatoms. The fourth-order valence-electron chi connectivity index (χ4n) is 3.22. The molecule has 7 nitrogen and oxygen atoms in total. The first-order chi connectivity index (χ1) is 14.8. The minimum absolute atomic E-state index is 0.0364. The second-order valence-electron chi connectivity index (χ2n) is 7.59. The summed E-state index contributed by atoms with van der Waals surface area (Å²) in [6, 6.07) is 10.6. The predicted molar refractivity (Wildman–Crippen MR) is 122 cm³/mol. The second kappa shape index (κ2) is 11.4. The molecule has 0 aliphatic rings. The highest BCUT2D eigenvalue weighted by molar-refractivity contribution is 5.97. The third kappa shape index (κ3) is 6.72. The van der Waals surface area contributed by atoms with Crippen molar-refractivity contribution in [3.05, 3.63) is 47.5 Å². The molecule has 3 N–H and O–H groups in total. The number of hydrogen-bond donors (Lipinski definition) is 3. The molecule has 2 aromatic rings. The Hall–Kier alpha value is -3.06. The van der Waals surface area contributed by atoms with Gasteiger partial charge in [0, 0.05) is 41.9 Å². The molecule has 0 saturated carbocycles. The molecule has 1 unspecified atom stereocenters. The van der Waals surface area contributed by atoms with E-state index in [0.29, 0.717) is 35.0 Å². The summed E-state index contributed by atoms with van der Waals surface area (Å²) in [5, 5.41) is 15.6. The van der Waals surface area contributed by atoms with E-state index in [1.807, 2.05) is 19.1 Å². The average molecular weight is 429 g/mol. The van der Waals surface area contributed by atoms with Crippen molar-refractivity contribution < 1.29 is 24.2 Å². The van der Waals surface area contributed by atoms with Gasteiger partial charge in [0.05, 0.1) is 20.3 Å². The number of rotatable bonds is 10. The highest BCUT2D eigenvalue weighted by Crippen LogP contribution is 2.30. The summed E-state index contributed by atoms with van der Waals surface area (Å²) in [7, 11) is 3.11. The van der Waals surface area contributed by atoms with Crippen LogP contribution < -0.4 is 20.1 Å². The Balaban J connectivity index is 1.92. The molecule has 0 spiro atoms. The molecule has 0 radical (unpaired) electrons. The highest BCUT2D eigenvalue weighted by atomic mass is 16.5. The van der Waals surface area contributed by atoms with Gasteiger partial charge in [-0.15, -0.1) is 0 Å². The lowest BCUT2D eigenvalue weighted by Crippen LogP contribution is -2.17. The molecule has 0 bridgehead atoms. The molecule has 31 heavy (non-hydrogen) atoms. The van der Waals surface area contributed by atoms with E-state index in [2.05, 4.69) is 24.5 Å². The van der Waals surface area contributed by atoms with E-state index < -0.39 is 6.10 Å². The zero-order valence-electron chi connectivity index (χ0n) is 18.8. The largest absolute Gasteiger partial charge is 0.496 e. The molecule has 0 fully saturated rings. The van der Waals surface area contributed by atoms with Gasteiger partial charge >= 0.3 is 0 Å². The van der Waals surface area contributed by atoms with Gasteiger partial charge in [-0.1, -0.05) is 32.9 Å². The lowest BCUT2D eigenvalue weighted by atomic mass is 10.0. The lowest BCUT2D eigenvalue weighted by Gasteiger charge is -2.15. The first-order valence-corrected chi connectivity index (χ1v) is 10.4. The van der Waals surface area contributed by atoms with Crippen LogP contribution in [-0.4, -0.2) is 31.1 Å². The van der Waals surface area contributed by atoms with Crippen LogP contribution in [0.1, 0.15) is 63.2 Å². The maximum atomic E-state index is 12.3. The molecule has 0 heterocycles. The van der Waals surface area contributed by atoms with Crippen LogP contribution in [0.3, 0.4) is 0 Å². The zero-order valence-corrected chi connectivity index (χ0v) is 18.8. The number of aliphatic hydroxyl groups excluding tert-OH is 1. The van der Waals surface area contributed by atoms with Crippen LogP contribution in [0.5, 0.6) is 11.5 Å². The number of amides is 2. The number of carbonyl (C=O) groups is 2. The number of nitrogens with one attached hydrogen (secondary N) is 2. The molecular formula is C24H32N2O5. The maximum Gasteiger partial charge on any atom is 0.224 e. The summed E-state index contributed by atoms with van der Waals surface area (Å²) < 4.78 is 10.7. The van der Waals surface area contributed by atoms with Gasteiger partial charge in [-0.05, 0) is 30.0 Å². The normalized spacial score (nSPS) is 11.7. The first kappa shape index (κ1) is 24.2. The van der Waals surface area contributed by atoms with Gasteiger partial charge in [-0.2, -0.15) is 0 Å². The van der Waals surface area contributed by atoms with Crippen LogP contribution in [0, 0.1) is 0 Å². The molecule has 0 aliphatic heterocycles. The van der Waals surface area contributed by atoms with Crippen molar-refractivity contribution in [2.75, 3.05) is 24.9 Å². The van der Waals surface area contributed by atoms with Crippen molar-refractivity contribution in [2.45, 2.75) is 52.1 Å². The maximum absolute atomic E-state index is 12.3. The molecule has 1 atom stereocenters. The van der Waals surface area contributed by atoms with Gasteiger partial charge < -0.3 is 25.2 Å². The molecule has 2 amide bonds. The Morgan fingerprint density at radius 2 is 1.32 bits per heavy atom. The van der Waals surface area contributed by atoms with Crippen LogP contribution in [0.25, 0.3) is 0 Å². The average Bonchev–Trinajstić information content (AvgIpc) is 2.76. The van der Waals surface area contributed by atoms with E-state index in [1.54, 1.807) is 31.4 Å². The summed E-state index contributed by atoms with van der Waals surface area (Å²) in [4.78, 5) is 24.5. The molecular weight excluding hydrogens is 396 g/mol. The topological polar surface area (TPSA) is 96.9 Å². The van der Waals surface area contributed by atoms with Crippen molar-refractivity contribution in [1.82, 2.24) is 0 Å². The van der Waals surface area contributed by atoms with E-state index in [1.165, 1.54) is 7.11 Å². The Morgan fingerprint density at radius 3 is 1.74 bits per heavy atom. The van der Waals surface area contributed by atoms with Crippen LogP contribution in [0.15, 0.2) is 36.4 Å². The summed E-state index contributed by atoms with van der Waals surface area (Å²) in [5.41, 5.74) is 2.90. The van der Waals surface area contributed by atoms with Crippen LogP contribution in [0.4, 0.5) is 11.4 Å². The molecule has 2 aromatic carbocycles. The van der Waals surface area contributed by atoms with Crippen molar-refractivity contribution in [3.63, 3.8) is 0 Å². The van der Waals surface area contributed by atoms with Crippen molar-refractivity contribution in [3.8, 4) is 11.5 Å². The zero-order chi connectivity index (χ0) is 23.0. The number of methoxy groups -OCH3 is 2. The predicted octanol–water partition coefficient (Wildman–Crippen LogP) is 4.63. The number of anilines is 2. The fraction of sp³-hybridized carbons (Fsp3) is 0.417. The third-order valence-electron chi connectivity index (χ3n) is 4.98. The standard InChI is InChI=1S/C24H32N2O5/c1-6-20(27)19-10-8-17(14-22(19)31-5)26-24(29)12-11-23(28)25-16-7-9-18(15(2)3)21(13-16)30-4/h7-10,13-15,20,27H,6,11-12H2,1-5H3,(H,25,28)(H,26,29). The third-order valence-corrected chi connectivity index (χ3v) is 4.98. The number of aliphatic hydroxyl groups is 1. The fourth-order valence-corrected chi connectivity index (χ4v) is 3.22. The van der Waals surface area contributed by atoms with Crippen LogP contribution >= 0.6 is 0 Å². The number of benzene rings is 2. The van der Waals surface area contributed by atoms with Gasteiger partial charge in [0.25, 0.3) is 0 Å². The monoisotopic (exact) mass is 428 g/mol. The van der Waals surface area contributed by atoms with Gasteiger partial charge in [0.2, 0.25) is 11.8 Å². The Kier molecular flexibility index (Phi) is 8.88. The summed E-state index contributed by atoms with van der Waals surface area (Å²) in [6.45, 7) is 6.02. The van der Waals surface area contributed by atoms with Gasteiger partial charge in [-0.25, -0.2) is 0 Å². The van der Waals surface area contributed by atoms with Gasteiger partial charge in [-0.3, -0.25) is 9.59 Å². The van der Waals surface area contributed by atoms with Gasteiger partial charge in [0.15, 0.2) is 0 Å². The van der Waals surface area contributed by atoms with E-state index in [-0.39, 0.29) is 24.7 Å². The minimum atomic E-state index is -0.628. The highest BCUT2D eigenvalue weighted by Gasteiger charge is 2.14. The van der Waals surface area contributed by atoms with Crippen molar-refractivity contribution >= 4 is 23.2 Å². The quantitative estimate of drug-likeness (QED) is 0.513. The minimum Gasteiger partial charge on any atom is -0.496 e. The number of hydrogen-bond acceptors (Lipinski definition) is 5. The smallest absolute Gasteiger partial charge is 0.224 e. The number of ether oxygens (including phenoxy) is 2. The summed E-state index contributed by atoms with van der Waals surface area (Å²) in [5.74, 6) is 0.989. The lowest BCUT2D eigenvalue weighted by molar-refractivity contribution is -0.121. The Labute approximate surface area is 183 Å². The van der Waals surface area contributed by atoms with Crippen LogP contribution in [0.2, 0.25) is 0 Å².